The molecule has 1 saturated heterocycles. The molecular formula is C10H15N3O2. The largest absolute Gasteiger partial charge is 0.461 e. The Morgan fingerprint density at radius 2 is 2.20 bits per heavy atom. The lowest BCUT2D eigenvalue weighted by Gasteiger charge is -2.21. The van der Waals surface area contributed by atoms with E-state index >= 15 is 0 Å². The second-order valence-electron chi connectivity index (χ2n) is 3.60. The lowest BCUT2D eigenvalue weighted by Crippen LogP contribution is -2.26. The van der Waals surface area contributed by atoms with Crippen molar-refractivity contribution in [2.45, 2.75) is 25.4 Å². The van der Waals surface area contributed by atoms with E-state index in [4.69, 9.17) is 15.2 Å². The summed E-state index contributed by atoms with van der Waals surface area (Å²) in [5.41, 5.74) is 6.00. The molecule has 82 valence electrons. The molecule has 5 heteroatoms. The van der Waals surface area contributed by atoms with Gasteiger partial charge in [0, 0.05) is 6.61 Å². The summed E-state index contributed by atoms with van der Waals surface area (Å²) in [6.45, 7) is 1.35. The number of rotatable bonds is 3. The molecule has 1 unspecified atom stereocenters. The van der Waals surface area contributed by atoms with Crippen molar-refractivity contribution in [2.75, 3.05) is 18.9 Å². The van der Waals surface area contributed by atoms with Crippen molar-refractivity contribution in [3.8, 4) is 6.01 Å². The predicted molar refractivity (Wildman–Crippen MR) is 55.5 cm³/mol. The standard InChI is InChI=1S/C10H15N3O2/c11-8-5-12-10(13-6-8)15-7-9-3-1-2-4-14-9/h5-6,9H,1-4,7,11H2. The molecule has 1 aromatic rings. The Balaban J connectivity index is 1.79. The Morgan fingerprint density at radius 3 is 2.87 bits per heavy atom. The van der Waals surface area contributed by atoms with E-state index in [9.17, 15) is 0 Å². The van der Waals surface area contributed by atoms with Crippen LogP contribution in [0.25, 0.3) is 0 Å². The number of hydrogen-bond donors (Lipinski definition) is 1. The zero-order chi connectivity index (χ0) is 10.5. The fourth-order valence-electron chi connectivity index (χ4n) is 1.51. The third kappa shape index (κ3) is 3.06. The highest BCUT2D eigenvalue weighted by Crippen LogP contribution is 2.13. The maximum Gasteiger partial charge on any atom is 0.316 e. The topological polar surface area (TPSA) is 70.3 Å². The van der Waals surface area contributed by atoms with Crippen LogP contribution in [-0.2, 0) is 4.74 Å². The van der Waals surface area contributed by atoms with E-state index in [1.54, 1.807) is 0 Å². The van der Waals surface area contributed by atoms with E-state index < -0.39 is 0 Å². The van der Waals surface area contributed by atoms with Gasteiger partial charge in [0.2, 0.25) is 0 Å². The number of anilines is 1. The normalized spacial score (nSPS) is 21.2. The maximum atomic E-state index is 5.52. The molecule has 0 bridgehead atoms. The monoisotopic (exact) mass is 209 g/mol. The first-order valence-corrected chi connectivity index (χ1v) is 5.16. The van der Waals surface area contributed by atoms with Crippen LogP contribution in [0.3, 0.4) is 0 Å². The van der Waals surface area contributed by atoms with Crippen molar-refractivity contribution < 1.29 is 9.47 Å². The number of nitrogens with zero attached hydrogens (tertiary/aromatic N) is 2. The van der Waals surface area contributed by atoms with Crippen LogP contribution in [0.4, 0.5) is 5.69 Å². The van der Waals surface area contributed by atoms with Gasteiger partial charge in [0.15, 0.2) is 0 Å². The van der Waals surface area contributed by atoms with E-state index in [0.29, 0.717) is 18.3 Å². The molecule has 1 aliphatic heterocycles. The van der Waals surface area contributed by atoms with Crippen LogP contribution in [-0.4, -0.2) is 29.3 Å². The lowest BCUT2D eigenvalue weighted by molar-refractivity contribution is -0.0129. The van der Waals surface area contributed by atoms with Gasteiger partial charge in [-0.15, -0.1) is 0 Å². The van der Waals surface area contributed by atoms with E-state index in [-0.39, 0.29) is 6.10 Å². The molecule has 2 N–H and O–H groups in total. The van der Waals surface area contributed by atoms with Crippen LogP contribution in [0.5, 0.6) is 6.01 Å². The van der Waals surface area contributed by atoms with Crippen LogP contribution >= 0.6 is 0 Å². The molecule has 1 aliphatic rings. The van der Waals surface area contributed by atoms with Crippen LogP contribution < -0.4 is 10.5 Å². The molecule has 0 radical (unpaired) electrons. The van der Waals surface area contributed by atoms with Gasteiger partial charge in [-0.1, -0.05) is 0 Å². The molecule has 0 spiro atoms. The predicted octanol–water partition coefficient (Wildman–Crippen LogP) is 1.01. The lowest BCUT2D eigenvalue weighted by atomic mass is 10.1. The van der Waals surface area contributed by atoms with E-state index in [0.717, 1.165) is 19.4 Å². The summed E-state index contributed by atoms with van der Waals surface area (Å²) in [5, 5.41) is 0. The van der Waals surface area contributed by atoms with Gasteiger partial charge in [-0.3, -0.25) is 0 Å². The van der Waals surface area contributed by atoms with Crippen LogP contribution in [0.15, 0.2) is 12.4 Å². The summed E-state index contributed by atoms with van der Waals surface area (Å²) in [7, 11) is 0. The maximum absolute atomic E-state index is 5.52. The minimum atomic E-state index is 0.180. The molecule has 0 saturated carbocycles. The Kier molecular flexibility index (Phi) is 3.34. The third-order valence-corrected chi connectivity index (χ3v) is 2.32. The third-order valence-electron chi connectivity index (χ3n) is 2.32. The summed E-state index contributed by atoms with van der Waals surface area (Å²) >= 11 is 0. The molecule has 1 aromatic heterocycles. The Hall–Kier alpha value is -1.36. The zero-order valence-electron chi connectivity index (χ0n) is 8.56. The van der Waals surface area contributed by atoms with Crippen LogP contribution in [0.1, 0.15) is 19.3 Å². The first-order chi connectivity index (χ1) is 7.34. The molecule has 0 amide bonds. The Bertz CT molecular complexity index is 296. The van der Waals surface area contributed by atoms with Crippen LogP contribution in [0, 0.1) is 0 Å². The highest BCUT2D eigenvalue weighted by atomic mass is 16.5. The van der Waals surface area contributed by atoms with Gasteiger partial charge in [-0.05, 0) is 19.3 Å². The molecule has 1 fully saturated rings. The molecule has 15 heavy (non-hydrogen) atoms. The van der Waals surface area contributed by atoms with Gasteiger partial charge in [-0.25, -0.2) is 9.97 Å². The van der Waals surface area contributed by atoms with E-state index in [1.165, 1.54) is 18.8 Å². The van der Waals surface area contributed by atoms with Gasteiger partial charge in [0.1, 0.15) is 6.61 Å². The van der Waals surface area contributed by atoms with Gasteiger partial charge in [-0.2, -0.15) is 0 Å². The quantitative estimate of drug-likeness (QED) is 0.804. The molecular weight excluding hydrogens is 194 g/mol. The number of aromatic nitrogens is 2. The van der Waals surface area contributed by atoms with Crippen molar-refractivity contribution in [3.63, 3.8) is 0 Å². The molecule has 2 heterocycles. The average molecular weight is 209 g/mol. The van der Waals surface area contributed by atoms with E-state index in [1.807, 2.05) is 0 Å². The van der Waals surface area contributed by atoms with Gasteiger partial charge < -0.3 is 15.2 Å². The van der Waals surface area contributed by atoms with Gasteiger partial charge >= 0.3 is 6.01 Å². The van der Waals surface area contributed by atoms with Crippen molar-refractivity contribution in [3.05, 3.63) is 12.4 Å². The zero-order valence-corrected chi connectivity index (χ0v) is 8.56. The van der Waals surface area contributed by atoms with Crippen molar-refractivity contribution in [1.29, 1.82) is 0 Å². The van der Waals surface area contributed by atoms with Crippen LogP contribution in [0.2, 0.25) is 0 Å². The van der Waals surface area contributed by atoms with E-state index in [2.05, 4.69) is 9.97 Å². The molecule has 2 rings (SSSR count). The minimum absolute atomic E-state index is 0.180. The summed E-state index contributed by atoms with van der Waals surface area (Å²) < 4.78 is 10.9. The van der Waals surface area contributed by atoms with Crippen molar-refractivity contribution in [1.82, 2.24) is 9.97 Å². The second kappa shape index (κ2) is 4.93. The molecule has 5 nitrogen and oxygen atoms in total. The Morgan fingerprint density at radius 1 is 1.40 bits per heavy atom. The molecule has 0 aromatic carbocycles. The number of ether oxygens (including phenoxy) is 2. The SMILES string of the molecule is Nc1cnc(OCC2CCCCO2)nc1. The summed E-state index contributed by atoms with van der Waals surface area (Å²) in [6.07, 6.45) is 6.65. The first kappa shape index (κ1) is 10.2. The fourth-order valence-corrected chi connectivity index (χ4v) is 1.51. The van der Waals surface area contributed by atoms with Gasteiger partial charge in [0.25, 0.3) is 0 Å². The minimum Gasteiger partial charge on any atom is -0.461 e. The summed E-state index contributed by atoms with van der Waals surface area (Å²) in [4.78, 5) is 7.90. The summed E-state index contributed by atoms with van der Waals surface area (Å²) in [5.74, 6) is 0. The number of hydrogen-bond acceptors (Lipinski definition) is 5. The Labute approximate surface area is 88.6 Å². The first-order valence-electron chi connectivity index (χ1n) is 5.16. The summed E-state index contributed by atoms with van der Waals surface area (Å²) in [6, 6.07) is 0.360. The highest BCUT2D eigenvalue weighted by Gasteiger charge is 2.14. The second-order valence-corrected chi connectivity index (χ2v) is 3.60. The average Bonchev–Trinajstić information content (AvgIpc) is 2.30. The highest BCUT2D eigenvalue weighted by molar-refractivity contribution is 5.30. The number of nitrogens with two attached hydrogens (primary N) is 1. The van der Waals surface area contributed by atoms with Crippen molar-refractivity contribution >= 4 is 5.69 Å². The number of nitrogen functional groups attached to an aromatic ring is 1. The van der Waals surface area contributed by atoms with Gasteiger partial charge in [0.05, 0.1) is 24.2 Å². The van der Waals surface area contributed by atoms with Crippen molar-refractivity contribution in [2.24, 2.45) is 0 Å². The molecule has 0 aliphatic carbocycles. The smallest absolute Gasteiger partial charge is 0.316 e. The fraction of sp³-hybridized carbons (Fsp3) is 0.600. The molecule has 1 atom stereocenters.